The first kappa shape index (κ1) is 12.5. The molecule has 1 aliphatic rings. The molecule has 1 amide bonds. The van der Waals surface area contributed by atoms with Crippen molar-refractivity contribution in [1.29, 1.82) is 0 Å². The predicted molar refractivity (Wildman–Crippen MR) is 62.5 cm³/mol. The lowest BCUT2D eigenvalue weighted by atomic mass is 9.85. The molecular weight excluding hydrogens is 188 g/mol. The molecule has 3 heteroatoms. The van der Waals surface area contributed by atoms with Crippen LogP contribution in [0.25, 0.3) is 0 Å². The molecule has 0 aliphatic heterocycles. The molecule has 1 fully saturated rings. The van der Waals surface area contributed by atoms with Gasteiger partial charge in [0.15, 0.2) is 0 Å². The van der Waals surface area contributed by atoms with Crippen LogP contribution in [0.4, 0.5) is 0 Å². The molecule has 0 spiro atoms. The number of nitrogens with two attached hydrogens (primary N) is 1. The highest BCUT2D eigenvalue weighted by molar-refractivity contribution is 5.76. The Kier molecular flexibility index (Phi) is 5.09. The minimum Gasteiger partial charge on any atom is -0.343 e. The zero-order chi connectivity index (χ0) is 11.3. The zero-order valence-electron chi connectivity index (χ0n) is 10.0. The van der Waals surface area contributed by atoms with Crippen LogP contribution >= 0.6 is 0 Å². The third-order valence-electron chi connectivity index (χ3n) is 3.40. The second-order valence-electron chi connectivity index (χ2n) is 4.60. The van der Waals surface area contributed by atoms with Gasteiger partial charge in [-0.3, -0.25) is 4.79 Å². The zero-order valence-corrected chi connectivity index (χ0v) is 10.0. The summed E-state index contributed by atoms with van der Waals surface area (Å²) in [4.78, 5) is 13.8. The highest BCUT2D eigenvalue weighted by atomic mass is 16.2. The molecule has 1 aliphatic carbocycles. The van der Waals surface area contributed by atoms with E-state index in [4.69, 9.17) is 5.73 Å². The fourth-order valence-corrected chi connectivity index (χ4v) is 1.89. The largest absolute Gasteiger partial charge is 0.343 e. The molecule has 0 aromatic carbocycles. The van der Waals surface area contributed by atoms with Gasteiger partial charge in [0.2, 0.25) is 5.91 Å². The summed E-state index contributed by atoms with van der Waals surface area (Å²) in [7, 11) is 0. The van der Waals surface area contributed by atoms with E-state index in [2.05, 4.69) is 0 Å². The molecule has 3 nitrogen and oxygen atoms in total. The second-order valence-corrected chi connectivity index (χ2v) is 4.60. The lowest BCUT2D eigenvalue weighted by Gasteiger charge is -2.32. The van der Waals surface area contributed by atoms with E-state index in [0.29, 0.717) is 6.42 Å². The molecule has 0 radical (unpaired) electrons. The maximum absolute atomic E-state index is 11.9. The van der Waals surface area contributed by atoms with E-state index in [1.807, 2.05) is 18.7 Å². The van der Waals surface area contributed by atoms with Gasteiger partial charge in [0.25, 0.3) is 0 Å². The van der Waals surface area contributed by atoms with E-state index in [-0.39, 0.29) is 11.9 Å². The molecule has 88 valence electrons. The summed E-state index contributed by atoms with van der Waals surface area (Å²) in [6.07, 6.45) is 5.32. The topological polar surface area (TPSA) is 46.3 Å². The summed E-state index contributed by atoms with van der Waals surface area (Å²) in [6.45, 7) is 5.85. The van der Waals surface area contributed by atoms with E-state index >= 15 is 0 Å². The van der Waals surface area contributed by atoms with Crippen LogP contribution in [0.3, 0.4) is 0 Å². The van der Waals surface area contributed by atoms with E-state index in [0.717, 1.165) is 25.4 Å². The Morgan fingerprint density at radius 3 is 2.53 bits per heavy atom. The molecule has 1 rings (SSSR count). The summed E-state index contributed by atoms with van der Waals surface area (Å²) in [6, 6.07) is 0.0351. The van der Waals surface area contributed by atoms with Crippen LogP contribution in [0.5, 0.6) is 0 Å². The molecule has 0 bridgehead atoms. The number of amides is 1. The molecule has 0 aromatic heterocycles. The number of nitrogens with zero attached hydrogens (tertiary/aromatic N) is 1. The number of carbonyl (C=O) groups excluding carboxylic acids is 1. The van der Waals surface area contributed by atoms with Crippen molar-refractivity contribution >= 4 is 5.91 Å². The first-order chi connectivity index (χ1) is 7.17. The molecule has 1 unspecified atom stereocenters. The fraction of sp³-hybridized carbons (Fsp3) is 0.917. The molecule has 1 atom stereocenters. The quantitative estimate of drug-likeness (QED) is 0.729. The Balaban J connectivity index is 2.31. The number of rotatable bonds is 6. The smallest absolute Gasteiger partial charge is 0.224 e. The van der Waals surface area contributed by atoms with Crippen LogP contribution in [0.1, 0.15) is 46.0 Å². The van der Waals surface area contributed by atoms with Gasteiger partial charge in [-0.15, -0.1) is 0 Å². The predicted octanol–water partition coefficient (Wildman–Crippen LogP) is 1.76. The Bertz CT molecular complexity index is 202. The van der Waals surface area contributed by atoms with Crippen molar-refractivity contribution in [2.75, 3.05) is 13.1 Å². The summed E-state index contributed by atoms with van der Waals surface area (Å²) >= 11 is 0. The summed E-state index contributed by atoms with van der Waals surface area (Å²) < 4.78 is 0. The fourth-order valence-electron chi connectivity index (χ4n) is 1.89. The van der Waals surface area contributed by atoms with Gasteiger partial charge in [0.1, 0.15) is 0 Å². The summed E-state index contributed by atoms with van der Waals surface area (Å²) in [5.41, 5.74) is 5.80. The molecular formula is C12H24N2O. The Morgan fingerprint density at radius 2 is 2.13 bits per heavy atom. The van der Waals surface area contributed by atoms with E-state index in [1.54, 1.807) is 0 Å². The number of hydrogen-bond donors (Lipinski definition) is 1. The van der Waals surface area contributed by atoms with Crippen LogP contribution in [-0.2, 0) is 4.79 Å². The van der Waals surface area contributed by atoms with Gasteiger partial charge in [0, 0.05) is 25.6 Å². The third kappa shape index (κ3) is 3.82. The first-order valence-corrected chi connectivity index (χ1v) is 6.20. The standard InChI is InChI=1S/C12H24N2O/c1-3-11(13)8-12(15)14(4-2)9-10-6-5-7-10/h10-11H,3-9,13H2,1-2H3. The number of carbonyl (C=O) groups is 1. The molecule has 0 heterocycles. The SMILES string of the molecule is CCC(N)CC(=O)N(CC)CC1CCC1. The highest BCUT2D eigenvalue weighted by Crippen LogP contribution is 2.27. The van der Waals surface area contributed by atoms with Crippen LogP contribution in [0, 0.1) is 5.92 Å². The van der Waals surface area contributed by atoms with Gasteiger partial charge in [0.05, 0.1) is 0 Å². The van der Waals surface area contributed by atoms with E-state index in [9.17, 15) is 4.79 Å². The van der Waals surface area contributed by atoms with Crippen molar-refractivity contribution in [3.63, 3.8) is 0 Å². The van der Waals surface area contributed by atoms with E-state index in [1.165, 1.54) is 19.3 Å². The van der Waals surface area contributed by atoms with Crippen molar-refractivity contribution < 1.29 is 4.79 Å². The van der Waals surface area contributed by atoms with Crippen LogP contribution in [0.15, 0.2) is 0 Å². The van der Waals surface area contributed by atoms with Crippen LogP contribution in [0.2, 0.25) is 0 Å². The summed E-state index contributed by atoms with van der Waals surface area (Å²) in [5, 5.41) is 0. The molecule has 2 N–H and O–H groups in total. The monoisotopic (exact) mass is 212 g/mol. The Morgan fingerprint density at radius 1 is 1.47 bits per heavy atom. The van der Waals surface area contributed by atoms with Crippen molar-refractivity contribution in [2.24, 2.45) is 11.7 Å². The Labute approximate surface area is 93.0 Å². The van der Waals surface area contributed by atoms with Gasteiger partial charge >= 0.3 is 0 Å². The maximum atomic E-state index is 11.9. The maximum Gasteiger partial charge on any atom is 0.224 e. The van der Waals surface area contributed by atoms with Gasteiger partial charge in [-0.1, -0.05) is 13.3 Å². The lowest BCUT2D eigenvalue weighted by Crippen LogP contribution is -2.39. The average molecular weight is 212 g/mol. The van der Waals surface area contributed by atoms with Gasteiger partial charge < -0.3 is 10.6 Å². The van der Waals surface area contributed by atoms with Gasteiger partial charge in [-0.2, -0.15) is 0 Å². The number of hydrogen-bond acceptors (Lipinski definition) is 2. The molecule has 0 aromatic rings. The average Bonchev–Trinajstić information content (AvgIpc) is 2.16. The molecule has 0 saturated heterocycles. The van der Waals surface area contributed by atoms with Gasteiger partial charge in [-0.05, 0) is 32.1 Å². The normalized spacial score (nSPS) is 18.3. The van der Waals surface area contributed by atoms with Crippen molar-refractivity contribution in [3.05, 3.63) is 0 Å². The molecule has 1 saturated carbocycles. The van der Waals surface area contributed by atoms with Gasteiger partial charge in [-0.25, -0.2) is 0 Å². The first-order valence-electron chi connectivity index (χ1n) is 6.20. The second kappa shape index (κ2) is 6.11. The summed E-state index contributed by atoms with van der Waals surface area (Å²) in [5.74, 6) is 0.991. The van der Waals surface area contributed by atoms with Crippen molar-refractivity contribution in [2.45, 2.75) is 52.0 Å². The minimum absolute atomic E-state index is 0.0351. The lowest BCUT2D eigenvalue weighted by molar-refractivity contribution is -0.132. The highest BCUT2D eigenvalue weighted by Gasteiger charge is 2.23. The van der Waals surface area contributed by atoms with Crippen LogP contribution < -0.4 is 5.73 Å². The minimum atomic E-state index is 0.0351. The molecule has 15 heavy (non-hydrogen) atoms. The van der Waals surface area contributed by atoms with Crippen molar-refractivity contribution in [1.82, 2.24) is 4.90 Å². The van der Waals surface area contributed by atoms with Crippen LogP contribution in [-0.4, -0.2) is 29.9 Å². The van der Waals surface area contributed by atoms with Crippen molar-refractivity contribution in [3.8, 4) is 0 Å². The van der Waals surface area contributed by atoms with E-state index < -0.39 is 0 Å². The Hall–Kier alpha value is -0.570. The third-order valence-corrected chi connectivity index (χ3v) is 3.40.